The number of amides is 1. The van der Waals surface area contributed by atoms with Crippen LogP contribution >= 0.6 is 0 Å². The smallest absolute Gasteiger partial charge is 0.248 e. The van der Waals surface area contributed by atoms with Gasteiger partial charge in [0.1, 0.15) is 0 Å². The fourth-order valence-electron chi connectivity index (χ4n) is 2.93. The zero-order chi connectivity index (χ0) is 20.1. The third-order valence-electron chi connectivity index (χ3n) is 4.43. The van der Waals surface area contributed by atoms with Gasteiger partial charge in [-0.1, -0.05) is 6.07 Å². The molecule has 1 heterocycles. The Kier molecular flexibility index (Phi) is 6.11. The molecule has 1 amide bonds. The molecule has 1 fully saturated rings. The van der Waals surface area contributed by atoms with E-state index in [1.54, 1.807) is 18.2 Å². The van der Waals surface area contributed by atoms with E-state index in [2.05, 4.69) is 5.32 Å². The number of rotatable bonds is 6. The average molecular weight is 404 g/mol. The molecule has 0 bridgehead atoms. The summed E-state index contributed by atoms with van der Waals surface area (Å²) in [5.41, 5.74) is 0.983. The Bertz CT molecular complexity index is 982. The lowest BCUT2D eigenvalue weighted by Gasteiger charge is -2.15. The van der Waals surface area contributed by atoms with Crippen LogP contribution in [0.4, 0.5) is 10.1 Å². The second kappa shape index (κ2) is 8.53. The van der Waals surface area contributed by atoms with Crippen LogP contribution in [0.3, 0.4) is 0 Å². The van der Waals surface area contributed by atoms with Crippen molar-refractivity contribution in [2.75, 3.05) is 25.5 Å². The van der Waals surface area contributed by atoms with E-state index in [-0.39, 0.29) is 10.6 Å². The summed E-state index contributed by atoms with van der Waals surface area (Å²) in [6.07, 6.45) is 4.50. The molecule has 1 aliphatic rings. The molecular weight excluding hydrogens is 383 g/mol. The molecule has 2 aromatic carbocycles. The number of hydrogen-bond donors (Lipinski definition) is 1. The van der Waals surface area contributed by atoms with Gasteiger partial charge >= 0.3 is 0 Å². The van der Waals surface area contributed by atoms with Gasteiger partial charge in [-0.3, -0.25) is 4.79 Å². The van der Waals surface area contributed by atoms with Crippen LogP contribution < -0.4 is 10.1 Å². The maximum Gasteiger partial charge on any atom is 0.248 e. The zero-order valence-corrected chi connectivity index (χ0v) is 16.2. The minimum Gasteiger partial charge on any atom is -0.494 e. The van der Waals surface area contributed by atoms with Crippen LogP contribution in [0.1, 0.15) is 18.4 Å². The first-order chi connectivity index (χ1) is 13.4. The maximum atomic E-state index is 13.7. The van der Waals surface area contributed by atoms with Crippen molar-refractivity contribution < 1.29 is 22.3 Å². The van der Waals surface area contributed by atoms with Crippen molar-refractivity contribution in [3.8, 4) is 5.75 Å². The van der Waals surface area contributed by atoms with Gasteiger partial charge in [0.25, 0.3) is 0 Å². The van der Waals surface area contributed by atoms with E-state index in [4.69, 9.17) is 4.74 Å². The Labute approximate surface area is 163 Å². The highest BCUT2D eigenvalue weighted by Gasteiger charge is 2.26. The second-order valence-electron chi connectivity index (χ2n) is 6.35. The number of ether oxygens (including phenoxy) is 1. The first kappa shape index (κ1) is 20.0. The predicted octanol–water partition coefficient (Wildman–Crippen LogP) is 3.27. The molecule has 3 rings (SSSR count). The molecule has 2 aromatic rings. The summed E-state index contributed by atoms with van der Waals surface area (Å²) in [7, 11) is -2.10. The quantitative estimate of drug-likeness (QED) is 0.750. The van der Waals surface area contributed by atoms with Crippen molar-refractivity contribution >= 4 is 27.7 Å². The van der Waals surface area contributed by atoms with E-state index in [0.29, 0.717) is 24.3 Å². The molecule has 0 unspecified atom stereocenters. The Morgan fingerprint density at radius 3 is 2.43 bits per heavy atom. The second-order valence-corrected chi connectivity index (χ2v) is 8.29. The first-order valence-corrected chi connectivity index (χ1v) is 10.3. The zero-order valence-electron chi connectivity index (χ0n) is 15.4. The first-order valence-electron chi connectivity index (χ1n) is 8.83. The SMILES string of the molecule is COc1ccc(/C=C/C(=O)Nc2ccc(S(=O)(=O)N3CCCC3)cc2)cc1F. The van der Waals surface area contributed by atoms with Gasteiger partial charge in [0.2, 0.25) is 15.9 Å². The van der Waals surface area contributed by atoms with Crippen LogP contribution in [0, 0.1) is 5.82 Å². The molecule has 0 aliphatic carbocycles. The number of carbonyl (C=O) groups excluding carboxylic acids is 1. The predicted molar refractivity (Wildman–Crippen MR) is 105 cm³/mol. The van der Waals surface area contributed by atoms with E-state index in [1.165, 1.54) is 47.8 Å². The van der Waals surface area contributed by atoms with E-state index < -0.39 is 21.7 Å². The fourth-order valence-corrected chi connectivity index (χ4v) is 4.45. The van der Waals surface area contributed by atoms with Crippen molar-refractivity contribution in [2.24, 2.45) is 0 Å². The third kappa shape index (κ3) is 4.58. The number of sulfonamides is 1. The van der Waals surface area contributed by atoms with E-state index in [1.807, 2.05) is 0 Å². The molecular formula is C20H21FN2O4S. The molecule has 148 valence electrons. The van der Waals surface area contributed by atoms with Gasteiger partial charge in [0.05, 0.1) is 12.0 Å². The Hall–Kier alpha value is -2.71. The van der Waals surface area contributed by atoms with Gasteiger partial charge < -0.3 is 10.1 Å². The lowest BCUT2D eigenvalue weighted by Crippen LogP contribution is -2.27. The molecule has 0 saturated carbocycles. The minimum absolute atomic E-state index is 0.130. The van der Waals surface area contributed by atoms with Gasteiger partial charge in [-0.15, -0.1) is 0 Å². The van der Waals surface area contributed by atoms with Crippen LogP contribution in [0.25, 0.3) is 6.08 Å². The molecule has 0 radical (unpaired) electrons. The van der Waals surface area contributed by atoms with Crippen LogP contribution in [0.15, 0.2) is 53.4 Å². The largest absolute Gasteiger partial charge is 0.494 e. The van der Waals surface area contributed by atoms with Crippen LogP contribution in [-0.4, -0.2) is 38.8 Å². The third-order valence-corrected chi connectivity index (χ3v) is 6.34. The summed E-state index contributed by atoms with van der Waals surface area (Å²) in [6, 6.07) is 10.4. The van der Waals surface area contributed by atoms with Crippen LogP contribution in [0.2, 0.25) is 0 Å². The number of methoxy groups -OCH3 is 1. The van der Waals surface area contributed by atoms with Crippen molar-refractivity contribution in [2.45, 2.75) is 17.7 Å². The summed E-state index contributed by atoms with van der Waals surface area (Å²) >= 11 is 0. The van der Waals surface area contributed by atoms with Gasteiger partial charge in [-0.2, -0.15) is 4.31 Å². The lowest BCUT2D eigenvalue weighted by molar-refractivity contribution is -0.111. The summed E-state index contributed by atoms with van der Waals surface area (Å²) in [5, 5.41) is 2.64. The molecule has 8 heteroatoms. The molecule has 1 N–H and O–H groups in total. The maximum absolute atomic E-state index is 13.7. The average Bonchev–Trinajstić information content (AvgIpc) is 3.23. The number of nitrogens with zero attached hydrogens (tertiary/aromatic N) is 1. The molecule has 0 spiro atoms. The van der Waals surface area contributed by atoms with Crippen molar-refractivity contribution in [3.05, 3.63) is 59.9 Å². The number of carbonyl (C=O) groups is 1. The van der Waals surface area contributed by atoms with Gasteiger partial charge in [0, 0.05) is 24.9 Å². The van der Waals surface area contributed by atoms with Crippen molar-refractivity contribution in [1.82, 2.24) is 4.31 Å². The van der Waals surface area contributed by atoms with Crippen LogP contribution in [-0.2, 0) is 14.8 Å². The standard InChI is InChI=1S/C20H21FN2O4S/c1-27-19-10-4-15(14-18(19)21)5-11-20(24)22-16-6-8-17(9-7-16)28(25,26)23-12-2-3-13-23/h4-11,14H,2-3,12-13H2,1H3,(H,22,24)/b11-5+. The summed E-state index contributed by atoms with van der Waals surface area (Å²) < 4.78 is 44.9. The summed E-state index contributed by atoms with van der Waals surface area (Å²) in [4.78, 5) is 12.2. The van der Waals surface area contributed by atoms with Gasteiger partial charge in [-0.05, 0) is 60.9 Å². The monoisotopic (exact) mass is 404 g/mol. The number of nitrogens with one attached hydrogen (secondary N) is 1. The van der Waals surface area contributed by atoms with Crippen LogP contribution in [0.5, 0.6) is 5.75 Å². The number of benzene rings is 2. The summed E-state index contributed by atoms with van der Waals surface area (Å²) in [6.45, 7) is 1.08. The van der Waals surface area contributed by atoms with E-state index >= 15 is 0 Å². The molecule has 1 saturated heterocycles. The topological polar surface area (TPSA) is 75.7 Å². The van der Waals surface area contributed by atoms with E-state index in [0.717, 1.165) is 12.8 Å². The Morgan fingerprint density at radius 2 is 1.82 bits per heavy atom. The highest BCUT2D eigenvalue weighted by Crippen LogP contribution is 2.22. The molecule has 28 heavy (non-hydrogen) atoms. The van der Waals surface area contributed by atoms with Crippen molar-refractivity contribution in [3.63, 3.8) is 0 Å². The minimum atomic E-state index is -3.48. The number of anilines is 1. The molecule has 0 aromatic heterocycles. The Morgan fingerprint density at radius 1 is 1.14 bits per heavy atom. The normalized spacial score (nSPS) is 15.1. The molecule has 0 atom stereocenters. The fraction of sp³-hybridized carbons (Fsp3) is 0.250. The van der Waals surface area contributed by atoms with Crippen molar-refractivity contribution in [1.29, 1.82) is 0 Å². The van der Waals surface area contributed by atoms with Gasteiger partial charge in [0.15, 0.2) is 11.6 Å². The highest BCUT2D eigenvalue weighted by molar-refractivity contribution is 7.89. The van der Waals surface area contributed by atoms with Gasteiger partial charge in [-0.25, -0.2) is 12.8 Å². The molecule has 1 aliphatic heterocycles. The molecule has 6 nitrogen and oxygen atoms in total. The van der Waals surface area contributed by atoms with E-state index in [9.17, 15) is 17.6 Å². The summed E-state index contributed by atoms with van der Waals surface area (Å²) in [5.74, 6) is -0.795. The number of hydrogen-bond acceptors (Lipinski definition) is 4. The lowest BCUT2D eigenvalue weighted by atomic mass is 10.2. The number of halogens is 1. The Balaban J connectivity index is 1.63. The highest BCUT2D eigenvalue weighted by atomic mass is 32.2.